The molecule has 1 aliphatic heterocycles. The number of hydrogen-bond acceptors (Lipinski definition) is 4. The molecule has 1 N–H and O–H groups in total. The van der Waals surface area contributed by atoms with Gasteiger partial charge in [-0.1, -0.05) is 36.5 Å². The number of carbonyl (C=O) groups excluding carboxylic acids is 1. The fourth-order valence-electron chi connectivity index (χ4n) is 2.32. The lowest BCUT2D eigenvalue weighted by atomic mass is 10.0. The lowest BCUT2D eigenvalue weighted by Gasteiger charge is -2.32. The summed E-state index contributed by atoms with van der Waals surface area (Å²) in [5, 5.41) is 14.1. The van der Waals surface area contributed by atoms with Crippen LogP contribution in [0.5, 0.6) is 5.75 Å². The van der Waals surface area contributed by atoms with Crippen molar-refractivity contribution in [1.29, 1.82) is 0 Å². The maximum atomic E-state index is 13.2. The minimum absolute atomic E-state index is 0.0435. The van der Waals surface area contributed by atoms with Gasteiger partial charge in [-0.3, -0.25) is 4.79 Å². The molecule has 0 aliphatic carbocycles. The molecule has 1 aromatic carbocycles. The van der Waals surface area contributed by atoms with E-state index in [2.05, 4.69) is 5.10 Å². The van der Waals surface area contributed by atoms with Crippen LogP contribution >= 0.6 is 23.2 Å². The molecular weight excluding hydrogens is 384 g/mol. The predicted octanol–water partition coefficient (Wildman–Crippen LogP) is 4.01. The quantitative estimate of drug-likeness (QED) is 0.814. The summed E-state index contributed by atoms with van der Waals surface area (Å²) in [6.45, 7) is 0.980. The Hall–Kier alpha value is -1.51. The van der Waals surface area contributed by atoms with Gasteiger partial charge in [0.1, 0.15) is 5.75 Å². The lowest BCUT2D eigenvalue weighted by molar-refractivity contribution is -0.302. The summed E-state index contributed by atoms with van der Waals surface area (Å²) >= 11 is 11.6. The molecule has 0 bridgehead atoms. The minimum Gasteiger partial charge on any atom is -0.482 e. The molecule has 0 saturated carbocycles. The van der Waals surface area contributed by atoms with Crippen LogP contribution in [0.4, 0.5) is 13.2 Å². The van der Waals surface area contributed by atoms with Crippen molar-refractivity contribution in [3.8, 4) is 5.75 Å². The van der Waals surface area contributed by atoms with Crippen LogP contribution in [0, 0.1) is 0 Å². The summed E-state index contributed by atoms with van der Waals surface area (Å²) in [5.41, 5.74) is -3.28. The third-order valence-corrected chi connectivity index (χ3v) is 4.05. The van der Waals surface area contributed by atoms with E-state index in [1.54, 1.807) is 6.92 Å². The highest BCUT2D eigenvalue weighted by Crippen LogP contribution is 2.41. The summed E-state index contributed by atoms with van der Waals surface area (Å²) < 4.78 is 44.9. The largest absolute Gasteiger partial charge is 0.482 e. The van der Waals surface area contributed by atoms with Crippen molar-refractivity contribution in [1.82, 2.24) is 5.01 Å². The smallest absolute Gasteiger partial charge is 0.438 e. The number of rotatable bonds is 5. The van der Waals surface area contributed by atoms with E-state index in [0.717, 1.165) is 0 Å². The second-order valence-corrected chi connectivity index (χ2v) is 6.32. The molecule has 0 spiro atoms. The number of carbonyl (C=O) groups is 1. The van der Waals surface area contributed by atoms with E-state index in [-0.39, 0.29) is 27.9 Å². The number of benzene rings is 1. The Morgan fingerprint density at radius 3 is 2.68 bits per heavy atom. The van der Waals surface area contributed by atoms with E-state index in [9.17, 15) is 23.1 Å². The molecule has 138 valence electrons. The molecule has 0 aromatic heterocycles. The van der Waals surface area contributed by atoms with Crippen molar-refractivity contribution in [2.75, 3.05) is 6.61 Å². The number of amides is 1. The molecule has 5 nitrogen and oxygen atoms in total. The zero-order valence-electron chi connectivity index (χ0n) is 13.1. The highest BCUT2D eigenvalue weighted by molar-refractivity contribution is 6.35. The number of ether oxygens (including phenoxy) is 1. The number of alkyl halides is 3. The van der Waals surface area contributed by atoms with Gasteiger partial charge in [0.05, 0.1) is 5.02 Å². The fraction of sp³-hybridized carbons (Fsp3) is 0.467. The molecule has 2 rings (SSSR count). The number of halogens is 5. The van der Waals surface area contributed by atoms with E-state index < -0.39 is 30.8 Å². The fourth-order valence-corrected chi connectivity index (χ4v) is 2.78. The number of hydrazone groups is 1. The van der Waals surface area contributed by atoms with Gasteiger partial charge in [-0.15, -0.1) is 0 Å². The maximum absolute atomic E-state index is 13.2. The molecule has 1 atom stereocenters. The molecule has 1 heterocycles. The van der Waals surface area contributed by atoms with Gasteiger partial charge in [-0.25, -0.2) is 0 Å². The van der Waals surface area contributed by atoms with Crippen molar-refractivity contribution >= 4 is 34.8 Å². The molecule has 10 heteroatoms. The molecular formula is C15H15Cl2F3N2O3. The molecule has 1 aliphatic rings. The lowest BCUT2D eigenvalue weighted by Crippen LogP contribution is -2.57. The summed E-state index contributed by atoms with van der Waals surface area (Å²) in [6, 6.07) is 4.19. The minimum atomic E-state index is -5.06. The molecule has 1 amide bonds. The van der Waals surface area contributed by atoms with Gasteiger partial charge in [0.15, 0.2) is 6.61 Å². The van der Waals surface area contributed by atoms with Gasteiger partial charge in [0.25, 0.3) is 11.6 Å². The average Bonchev–Trinajstić information content (AvgIpc) is 2.84. The topological polar surface area (TPSA) is 62.1 Å². The number of hydrogen-bond donors (Lipinski definition) is 1. The zero-order valence-corrected chi connectivity index (χ0v) is 14.6. The van der Waals surface area contributed by atoms with Gasteiger partial charge >= 0.3 is 6.18 Å². The zero-order chi connectivity index (χ0) is 18.8. The van der Waals surface area contributed by atoms with Gasteiger partial charge in [-0.05, 0) is 24.6 Å². The Labute approximate surface area is 152 Å². The second kappa shape index (κ2) is 7.39. The van der Waals surface area contributed by atoms with Gasteiger partial charge in [0.2, 0.25) is 0 Å². The normalized spacial score (nSPS) is 20.6. The Bertz CT molecular complexity index is 697. The number of aliphatic hydroxyl groups is 1. The predicted molar refractivity (Wildman–Crippen MR) is 86.8 cm³/mol. The van der Waals surface area contributed by atoms with Gasteiger partial charge < -0.3 is 9.84 Å². The molecule has 0 fully saturated rings. The Kier molecular flexibility index (Phi) is 5.86. The van der Waals surface area contributed by atoms with Crippen LogP contribution in [0.1, 0.15) is 26.2 Å². The molecule has 0 unspecified atom stereocenters. The third-order valence-electron chi connectivity index (χ3n) is 3.52. The van der Waals surface area contributed by atoms with E-state index in [1.165, 1.54) is 18.2 Å². The maximum Gasteiger partial charge on any atom is 0.438 e. The second-order valence-electron chi connectivity index (χ2n) is 5.48. The van der Waals surface area contributed by atoms with Crippen LogP contribution in [-0.2, 0) is 4.79 Å². The Balaban J connectivity index is 2.16. The highest BCUT2D eigenvalue weighted by atomic mass is 35.5. The SMILES string of the molecule is CCCC1=NN(C(=O)COc2ccc(Cl)cc2Cl)[C@@](O)(C(F)(F)F)C1. The van der Waals surface area contributed by atoms with Crippen molar-refractivity contribution in [2.24, 2.45) is 5.10 Å². The summed E-state index contributed by atoms with van der Waals surface area (Å²) in [4.78, 5) is 12.2. The van der Waals surface area contributed by atoms with Crippen molar-refractivity contribution in [2.45, 2.75) is 38.1 Å². The van der Waals surface area contributed by atoms with Crippen molar-refractivity contribution in [3.63, 3.8) is 0 Å². The summed E-state index contributed by atoms with van der Waals surface area (Å²) in [6.07, 6.45) is -5.06. The van der Waals surface area contributed by atoms with E-state index >= 15 is 0 Å². The van der Waals surface area contributed by atoms with Crippen LogP contribution in [0.3, 0.4) is 0 Å². The van der Waals surface area contributed by atoms with Crippen LogP contribution in [0.2, 0.25) is 10.0 Å². The Morgan fingerprint density at radius 1 is 1.44 bits per heavy atom. The van der Waals surface area contributed by atoms with Gasteiger partial charge in [0, 0.05) is 17.2 Å². The van der Waals surface area contributed by atoms with E-state index in [0.29, 0.717) is 11.4 Å². The molecule has 0 saturated heterocycles. The summed E-state index contributed by atoms with van der Waals surface area (Å²) in [7, 11) is 0. The average molecular weight is 399 g/mol. The first-order chi connectivity index (χ1) is 11.6. The van der Waals surface area contributed by atoms with Crippen LogP contribution in [0.25, 0.3) is 0 Å². The first kappa shape index (κ1) is 19.8. The van der Waals surface area contributed by atoms with E-state index in [4.69, 9.17) is 27.9 Å². The van der Waals surface area contributed by atoms with Crippen molar-refractivity contribution < 1.29 is 27.8 Å². The Morgan fingerprint density at radius 2 is 2.12 bits per heavy atom. The van der Waals surface area contributed by atoms with Crippen molar-refractivity contribution in [3.05, 3.63) is 28.2 Å². The molecule has 25 heavy (non-hydrogen) atoms. The molecule has 0 radical (unpaired) electrons. The van der Waals surface area contributed by atoms with Crippen LogP contribution in [0.15, 0.2) is 23.3 Å². The summed E-state index contributed by atoms with van der Waals surface area (Å²) in [5.74, 6) is -1.07. The monoisotopic (exact) mass is 398 g/mol. The first-order valence-corrected chi connectivity index (χ1v) is 8.10. The molecule has 1 aromatic rings. The van der Waals surface area contributed by atoms with E-state index in [1.807, 2.05) is 0 Å². The first-order valence-electron chi connectivity index (χ1n) is 7.35. The number of nitrogens with zero attached hydrogens (tertiary/aromatic N) is 2. The highest BCUT2D eigenvalue weighted by Gasteiger charge is 2.63. The standard InChI is InChI=1S/C15H15Cl2F3N2O3/c1-2-3-10-7-14(24,15(18,19)20)22(21-10)13(23)8-25-12-5-4-9(16)6-11(12)17/h4-6,24H,2-3,7-8H2,1H3/t14-/m0/s1. The third kappa shape index (κ3) is 4.19. The van der Waals surface area contributed by atoms with Crippen LogP contribution in [-0.4, -0.2) is 40.2 Å². The van der Waals surface area contributed by atoms with Crippen LogP contribution < -0.4 is 4.74 Å². The van der Waals surface area contributed by atoms with Gasteiger partial charge in [-0.2, -0.15) is 23.3 Å².